The minimum atomic E-state index is -1.62. The molecule has 0 saturated carbocycles. The first-order valence-corrected chi connectivity index (χ1v) is 6.89. The molecule has 11 heteroatoms. The molecule has 0 amide bonds. The summed E-state index contributed by atoms with van der Waals surface area (Å²) in [4.78, 5) is 17.1. The van der Waals surface area contributed by atoms with Gasteiger partial charge in [0.25, 0.3) is 0 Å². The third-order valence-corrected chi connectivity index (χ3v) is 3.82. The number of anilines is 1. The van der Waals surface area contributed by atoms with Crippen LogP contribution in [-0.4, -0.2) is 66.4 Å². The van der Waals surface area contributed by atoms with Gasteiger partial charge in [-0.15, -0.1) is 5.59 Å². The second-order valence-electron chi connectivity index (χ2n) is 5.36. The lowest BCUT2D eigenvalue weighted by Gasteiger charge is -2.27. The first kappa shape index (κ1) is 16.0. The van der Waals surface area contributed by atoms with Crippen molar-refractivity contribution in [2.75, 3.05) is 19.1 Å². The average molecular weight is 326 g/mol. The van der Waals surface area contributed by atoms with E-state index in [1.54, 1.807) is 0 Å². The summed E-state index contributed by atoms with van der Waals surface area (Å²) in [5.74, 6) is 0.368. The molecule has 1 aliphatic rings. The van der Waals surface area contributed by atoms with E-state index in [9.17, 15) is 15.3 Å². The van der Waals surface area contributed by atoms with Crippen molar-refractivity contribution in [3.8, 4) is 0 Å². The number of aliphatic hydroxyl groups is 3. The molecule has 0 spiro atoms. The van der Waals surface area contributed by atoms with E-state index in [-0.39, 0.29) is 0 Å². The smallest absolute Gasteiger partial charge is 0.173 e. The Labute approximate surface area is 130 Å². The molecule has 1 fully saturated rings. The van der Waals surface area contributed by atoms with Gasteiger partial charge in [0, 0.05) is 0 Å². The molecule has 0 radical (unpaired) electrons. The van der Waals surface area contributed by atoms with Crippen LogP contribution in [-0.2, 0) is 9.57 Å². The Bertz CT molecular complexity index is 692. The lowest BCUT2D eigenvalue weighted by atomic mass is 9.96. The third-order valence-electron chi connectivity index (χ3n) is 3.82. The lowest BCUT2D eigenvalue weighted by molar-refractivity contribution is -0.0950. The van der Waals surface area contributed by atoms with Crippen molar-refractivity contribution in [3.63, 3.8) is 0 Å². The quantitative estimate of drug-likeness (QED) is 0.403. The molecule has 2 aromatic heterocycles. The fraction of sp³-hybridized carbons (Fsp3) is 0.583. The Morgan fingerprint density at radius 3 is 2.87 bits per heavy atom. The SMILES string of the molecule is CONNc1ncnc2c1ncn2[C@@H]1O[C@H](CO)[C@@H](O)[C@@]1(C)O. The monoisotopic (exact) mass is 326 g/mol. The van der Waals surface area contributed by atoms with Gasteiger partial charge in [-0.3, -0.25) is 14.8 Å². The van der Waals surface area contributed by atoms with Gasteiger partial charge in [-0.1, -0.05) is 0 Å². The summed E-state index contributed by atoms with van der Waals surface area (Å²) >= 11 is 0. The Hall–Kier alpha value is -1.89. The van der Waals surface area contributed by atoms with Crippen molar-refractivity contribution >= 4 is 17.0 Å². The number of fused-ring (bicyclic) bond motifs is 1. The molecule has 3 rings (SSSR count). The van der Waals surface area contributed by atoms with Crippen LogP contribution < -0.4 is 11.0 Å². The number of aromatic nitrogens is 4. The molecule has 23 heavy (non-hydrogen) atoms. The predicted molar refractivity (Wildman–Crippen MR) is 76.7 cm³/mol. The number of aliphatic hydroxyl groups excluding tert-OH is 2. The highest BCUT2D eigenvalue weighted by Crippen LogP contribution is 2.39. The summed E-state index contributed by atoms with van der Waals surface area (Å²) in [6.07, 6.45) is -0.378. The molecule has 1 saturated heterocycles. The number of hydrogen-bond donors (Lipinski definition) is 5. The molecule has 0 aliphatic carbocycles. The molecule has 126 valence electrons. The molecule has 5 N–H and O–H groups in total. The van der Waals surface area contributed by atoms with Gasteiger partial charge < -0.3 is 20.1 Å². The second kappa shape index (κ2) is 5.96. The van der Waals surface area contributed by atoms with Crippen molar-refractivity contribution in [2.24, 2.45) is 0 Å². The molecular formula is C12H18N6O5. The summed E-state index contributed by atoms with van der Waals surface area (Å²) in [6.45, 7) is 1.01. The number of ether oxygens (including phenoxy) is 1. The van der Waals surface area contributed by atoms with Crippen LogP contribution in [0.3, 0.4) is 0 Å². The molecule has 0 bridgehead atoms. The Morgan fingerprint density at radius 1 is 1.43 bits per heavy atom. The lowest BCUT2D eigenvalue weighted by Crippen LogP contribution is -2.44. The Kier molecular flexibility index (Phi) is 4.14. The highest BCUT2D eigenvalue weighted by molar-refractivity contribution is 5.82. The van der Waals surface area contributed by atoms with Crippen LogP contribution in [0.25, 0.3) is 11.2 Å². The normalized spacial score (nSPS) is 30.9. The molecule has 1 aliphatic heterocycles. The number of rotatable bonds is 5. The molecule has 0 unspecified atom stereocenters. The number of imidazole rings is 1. The van der Waals surface area contributed by atoms with Gasteiger partial charge in [0.05, 0.1) is 20.0 Å². The van der Waals surface area contributed by atoms with E-state index in [1.165, 1.54) is 31.3 Å². The van der Waals surface area contributed by atoms with Crippen LogP contribution in [0.4, 0.5) is 5.82 Å². The van der Waals surface area contributed by atoms with Crippen molar-refractivity contribution in [2.45, 2.75) is 31.0 Å². The zero-order valence-electron chi connectivity index (χ0n) is 12.5. The van der Waals surface area contributed by atoms with Gasteiger partial charge in [-0.2, -0.15) is 0 Å². The fourth-order valence-corrected chi connectivity index (χ4v) is 2.60. The Morgan fingerprint density at radius 2 is 2.22 bits per heavy atom. The van der Waals surface area contributed by atoms with Crippen LogP contribution in [0, 0.1) is 0 Å². The minimum Gasteiger partial charge on any atom is -0.394 e. The van der Waals surface area contributed by atoms with Gasteiger partial charge in [-0.25, -0.2) is 15.0 Å². The van der Waals surface area contributed by atoms with E-state index < -0.39 is 30.6 Å². The topological polar surface area (TPSA) is 147 Å². The molecule has 0 aromatic carbocycles. The molecule has 4 atom stereocenters. The minimum absolute atomic E-state index is 0.368. The highest BCUT2D eigenvalue weighted by Gasteiger charge is 2.53. The van der Waals surface area contributed by atoms with Gasteiger partial charge in [0.15, 0.2) is 23.2 Å². The van der Waals surface area contributed by atoms with E-state index >= 15 is 0 Å². The van der Waals surface area contributed by atoms with Crippen molar-refractivity contribution in [1.82, 2.24) is 25.1 Å². The summed E-state index contributed by atoms with van der Waals surface area (Å²) in [5.41, 5.74) is 4.31. The van der Waals surface area contributed by atoms with Gasteiger partial charge in [0.1, 0.15) is 24.1 Å². The summed E-state index contributed by atoms with van der Waals surface area (Å²) in [7, 11) is 1.43. The number of nitrogens with one attached hydrogen (secondary N) is 2. The molecule has 2 aromatic rings. The average Bonchev–Trinajstić information content (AvgIpc) is 3.06. The van der Waals surface area contributed by atoms with E-state index in [2.05, 4.69) is 26.0 Å². The second-order valence-corrected chi connectivity index (χ2v) is 5.36. The van der Waals surface area contributed by atoms with Gasteiger partial charge in [-0.05, 0) is 6.92 Å². The van der Waals surface area contributed by atoms with Crippen LogP contribution in [0.1, 0.15) is 13.2 Å². The third kappa shape index (κ3) is 2.52. The molecule has 3 heterocycles. The van der Waals surface area contributed by atoms with Crippen LogP contribution in [0.15, 0.2) is 12.7 Å². The van der Waals surface area contributed by atoms with Crippen molar-refractivity contribution in [1.29, 1.82) is 0 Å². The fourth-order valence-electron chi connectivity index (χ4n) is 2.60. The molecule has 11 nitrogen and oxygen atoms in total. The predicted octanol–water partition coefficient (Wildman–Crippen LogP) is -1.69. The Balaban J connectivity index is 2.01. The van der Waals surface area contributed by atoms with Crippen LogP contribution >= 0.6 is 0 Å². The maximum Gasteiger partial charge on any atom is 0.173 e. The number of nitrogens with zero attached hydrogens (tertiary/aromatic N) is 4. The highest BCUT2D eigenvalue weighted by atomic mass is 16.7. The maximum absolute atomic E-state index is 10.5. The number of hydrazine groups is 1. The zero-order chi connectivity index (χ0) is 16.6. The van der Waals surface area contributed by atoms with E-state index in [4.69, 9.17) is 9.57 Å². The van der Waals surface area contributed by atoms with Crippen molar-refractivity contribution in [3.05, 3.63) is 12.7 Å². The maximum atomic E-state index is 10.5. The summed E-state index contributed by atoms with van der Waals surface area (Å²) < 4.78 is 7.04. The largest absolute Gasteiger partial charge is 0.394 e. The van der Waals surface area contributed by atoms with Crippen molar-refractivity contribution < 1.29 is 24.9 Å². The number of hydrogen-bond acceptors (Lipinski definition) is 10. The van der Waals surface area contributed by atoms with E-state index in [0.29, 0.717) is 17.0 Å². The zero-order valence-corrected chi connectivity index (χ0v) is 12.5. The van der Waals surface area contributed by atoms with Gasteiger partial charge in [0.2, 0.25) is 0 Å². The van der Waals surface area contributed by atoms with Crippen LogP contribution in [0.5, 0.6) is 0 Å². The summed E-state index contributed by atoms with van der Waals surface area (Å²) in [5, 5.41) is 29.9. The van der Waals surface area contributed by atoms with Gasteiger partial charge >= 0.3 is 0 Å². The first-order chi connectivity index (χ1) is 11.0. The van der Waals surface area contributed by atoms with E-state index in [1.807, 2.05) is 0 Å². The first-order valence-electron chi connectivity index (χ1n) is 6.89. The standard InChI is InChI=1S/C12H18N6O5/c1-12(21)8(20)6(3-19)23-11(12)18-5-15-7-9(16-17-22-2)13-4-14-10(7)18/h4-6,8,11,17,19-21H,3H2,1-2H3,(H,13,14,16)/t6-,8-,11-,12-/m1/s1. The molecular weight excluding hydrogens is 308 g/mol. The van der Waals surface area contributed by atoms with Crippen LogP contribution in [0.2, 0.25) is 0 Å². The van der Waals surface area contributed by atoms with E-state index in [0.717, 1.165) is 0 Å². The summed E-state index contributed by atoms with van der Waals surface area (Å²) in [6, 6.07) is 0.